The highest BCUT2D eigenvalue weighted by molar-refractivity contribution is 14.1. The third-order valence-corrected chi connectivity index (χ3v) is 11.1. The molecule has 1 aliphatic carbocycles. The number of aromatic nitrogens is 2. The molecule has 27 heavy (non-hydrogen) atoms. The molecule has 1 saturated carbocycles. The van der Waals surface area contributed by atoms with Crippen LogP contribution in [0.3, 0.4) is 0 Å². The highest BCUT2D eigenvalue weighted by Crippen LogP contribution is 2.44. The minimum absolute atomic E-state index is 0.000595. The molecule has 1 N–H and O–H groups in total. The van der Waals surface area contributed by atoms with Gasteiger partial charge in [-0.15, -0.1) is 0 Å². The second kappa shape index (κ2) is 7.51. The van der Waals surface area contributed by atoms with Crippen molar-refractivity contribution in [3.05, 3.63) is 16.1 Å². The number of hydrogen-bond donors (Lipinski definition) is 1. The molecule has 1 aromatic heterocycles. The molecule has 1 aliphatic heterocycles. The van der Waals surface area contributed by atoms with E-state index in [2.05, 4.69) is 71.7 Å². The molecule has 2 aliphatic rings. The van der Waals surface area contributed by atoms with E-state index in [1.165, 1.54) is 0 Å². The summed E-state index contributed by atoms with van der Waals surface area (Å²) in [6.45, 7) is 16.1. The van der Waals surface area contributed by atoms with E-state index in [9.17, 15) is 0 Å². The molecular formula is C19H32IN3O3Si. The van der Waals surface area contributed by atoms with Gasteiger partial charge < -0.3 is 19.2 Å². The Labute approximate surface area is 177 Å². The quantitative estimate of drug-likeness (QED) is 0.363. The number of nitrogens with zero attached hydrogens (tertiary/aromatic N) is 2. The summed E-state index contributed by atoms with van der Waals surface area (Å²) in [5.74, 6) is 0.576. The summed E-state index contributed by atoms with van der Waals surface area (Å²) >= 11 is 2.20. The van der Waals surface area contributed by atoms with Gasteiger partial charge in [-0.25, -0.2) is 9.97 Å². The van der Waals surface area contributed by atoms with Gasteiger partial charge in [0.25, 0.3) is 0 Å². The van der Waals surface area contributed by atoms with Gasteiger partial charge >= 0.3 is 0 Å². The zero-order valence-corrected chi connectivity index (χ0v) is 20.5. The normalized spacial score (nSPS) is 30.4. The first-order valence-electron chi connectivity index (χ1n) is 9.62. The molecule has 0 unspecified atom stereocenters. The first-order chi connectivity index (χ1) is 12.4. The summed E-state index contributed by atoms with van der Waals surface area (Å²) in [5.41, 5.74) is 0. The van der Waals surface area contributed by atoms with Crippen molar-refractivity contribution < 1.29 is 13.9 Å². The number of anilines is 1. The lowest BCUT2D eigenvalue weighted by Crippen LogP contribution is -2.43. The molecule has 0 spiro atoms. The predicted octanol–water partition coefficient (Wildman–Crippen LogP) is 4.42. The second-order valence-electron chi connectivity index (χ2n) is 9.61. The highest BCUT2D eigenvalue weighted by atomic mass is 127. The lowest BCUT2D eigenvalue weighted by Gasteiger charge is -2.37. The predicted molar refractivity (Wildman–Crippen MR) is 117 cm³/mol. The van der Waals surface area contributed by atoms with Crippen molar-refractivity contribution in [3.8, 4) is 0 Å². The Morgan fingerprint density at radius 3 is 2.56 bits per heavy atom. The third kappa shape index (κ3) is 4.83. The van der Waals surface area contributed by atoms with Crippen molar-refractivity contribution in [2.24, 2.45) is 5.92 Å². The SMILES string of the molecule is CC1(C)O[C@@H]2[C@H](CO[Si](C)(C)C(C)(C)C)C[C@@H](Nc3cc(I)ncn3)[C@@H]2O1. The standard InChI is InChI=1S/C19H32IN3O3Si/c1-18(2,3)27(6,7)24-10-12-8-13(17-16(12)25-19(4,5)26-17)23-15-9-14(20)21-11-22-15/h9,11-13,16-17H,8,10H2,1-7H3,(H,21,22,23)/t12-,13+,16+,17-/m0/s1. The number of fused-ring (bicyclic) bond motifs is 1. The summed E-state index contributed by atoms with van der Waals surface area (Å²) in [6.07, 6.45) is 2.58. The zero-order valence-electron chi connectivity index (χ0n) is 17.4. The molecule has 0 bridgehead atoms. The van der Waals surface area contributed by atoms with Crippen LogP contribution in [0.4, 0.5) is 5.82 Å². The Balaban J connectivity index is 1.72. The molecule has 152 valence electrons. The molecule has 1 saturated heterocycles. The van der Waals surface area contributed by atoms with E-state index in [0.29, 0.717) is 5.92 Å². The molecule has 0 radical (unpaired) electrons. The Hall–Kier alpha value is -0.293. The van der Waals surface area contributed by atoms with Gasteiger partial charge in [0, 0.05) is 18.6 Å². The third-order valence-electron chi connectivity index (χ3n) is 6.01. The van der Waals surface area contributed by atoms with Crippen molar-refractivity contribution in [1.82, 2.24) is 9.97 Å². The van der Waals surface area contributed by atoms with E-state index in [0.717, 1.165) is 22.5 Å². The van der Waals surface area contributed by atoms with Crippen molar-refractivity contribution in [1.29, 1.82) is 0 Å². The van der Waals surface area contributed by atoms with Gasteiger partial charge in [0.1, 0.15) is 21.9 Å². The maximum atomic E-state index is 6.52. The summed E-state index contributed by atoms with van der Waals surface area (Å²) in [4.78, 5) is 8.51. The molecule has 2 fully saturated rings. The molecule has 6 nitrogen and oxygen atoms in total. The zero-order chi connectivity index (χ0) is 20.0. The second-order valence-corrected chi connectivity index (χ2v) is 15.5. The van der Waals surface area contributed by atoms with Gasteiger partial charge in [-0.2, -0.15) is 0 Å². The van der Waals surface area contributed by atoms with Crippen LogP contribution in [-0.2, 0) is 13.9 Å². The fourth-order valence-electron chi connectivity index (χ4n) is 3.53. The van der Waals surface area contributed by atoms with Gasteiger partial charge in [-0.3, -0.25) is 0 Å². The molecule has 1 aromatic rings. The minimum atomic E-state index is -1.79. The van der Waals surface area contributed by atoms with Crippen LogP contribution in [-0.4, -0.2) is 48.9 Å². The maximum Gasteiger partial charge on any atom is 0.191 e. The van der Waals surface area contributed by atoms with Crippen LogP contribution < -0.4 is 5.32 Å². The Kier molecular flexibility index (Phi) is 5.96. The molecule has 0 aromatic carbocycles. The lowest BCUT2D eigenvalue weighted by atomic mass is 10.1. The minimum Gasteiger partial charge on any atom is -0.416 e. The van der Waals surface area contributed by atoms with Crippen LogP contribution in [0.15, 0.2) is 12.4 Å². The smallest absolute Gasteiger partial charge is 0.191 e. The van der Waals surface area contributed by atoms with Crippen LogP contribution in [0.25, 0.3) is 0 Å². The Bertz CT molecular complexity index is 680. The van der Waals surface area contributed by atoms with E-state index in [-0.39, 0.29) is 23.3 Å². The van der Waals surface area contributed by atoms with Gasteiger partial charge in [0.05, 0.1) is 12.1 Å². The van der Waals surface area contributed by atoms with E-state index < -0.39 is 14.1 Å². The lowest BCUT2D eigenvalue weighted by molar-refractivity contribution is -0.158. The molecular weight excluding hydrogens is 473 g/mol. The number of nitrogens with one attached hydrogen (secondary N) is 1. The molecule has 0 amide bonds. The van der Waals surface area contributed by atoms with Crippen molar-refractivity contribution in [2.45, 2.75) is 83.2 Å². The fourth-order valence-corrected chi connectivity index (χ4v) is 5.01. The molecule has 4 atom stereocenters. The number of halogens is 1. The summed E-state index contributed by atoms with van der Waals surface area (Å²) < 4.78 is 19.9. The van der Waals surface area contributed by atoms with Crippen molar-refractivity contribution in [3.63, 3.8) is 0 Å². The average molecular weight is 505 g/mol. The van der Waals surface area contributed by atoms with Crippen LogP contribution in [0.5, 0.6) is 0 Å². The summed E-state index contributed by atoms with van der Waals surface area (Å²) in [5, 5.41) is 3.74. The van der Waals surface area contributed by atoms with E-state index >= 15 is 0 Å². The van der Waals surface area contributed by atoms with Gasteiger partial charge in [-0.1, -0.05) is 20.8 Å². The number of hydrogen-bond acceptors (Lipinski definition) is 6. The average Bonchev–Trinajstić information content (AvgIpc) is 2.99. The fraction of sp³-hybridized carbons (Fsp3) is 0.789. The molecule has 2 heterocycles. The maximum absolute atomic E-state index is 6.52. The van der Waals surface area contributed by atoms with Gasteiger partial charge in [0.15, 0.2) is 14.1 Å². The molecule has 3 rings (SSSR count). The Morgan fingerprint density at radius 2 is 1.93 bits per heavy atom. The largest absolute Gasteiger partial charge is 0.416 e. The van der Waals surface area contributed by atoms with Gasteiger partial charge in [-0.05, 0) is 61.0 Å². The number of ether oxygens (including phenoxy) is 2. The summed E-state index contributed by atoms with van der Waals surface area (Å²) in [6, 6.07) is 2.10. The number of rotatable bonds is 5. The van der Waals surface area contributed by atoms with Crippen LogP contribution >= 0.6 is 22.6 Å². The monoisotopic (exact) mass is 505 g/mol. The van der Waals surface area contributed by atoms with Crippen LogP contribution in [0.1, 0.15) is 41.0 Å². The first-order valence-corrected chi connectivity index (χ1v) is 13.6. The highest BCUT2D eigenvalue weighted by Gasteiger charge is 2.54. The molecule has 8 heteroatoms. The van der Waals surface area contributed by atoms with Crippen molar-refractivity contribution in [2.75, 3.05) is 11.9 Å². The topological polar surface area (TPSA) is 65.5 Å². The van der Waals surface area contributed by atoms with E-state index in [1.54, 1.807) is 6.33 Å². The summed E-state index contributed by atoms with van der Waals surface area (Å²) in [7, 11) is -1.79. The first kappa shape index (κ1) is 21.4. The van der Waals surface area contributed by atoms with E-state index in [4.69, 9.17) is 13.9 Å². The van der Waals surface area contributed by atoms with Crippen molar-refractivity contribution >= 4 is 36.7 Å². The van der Waals surface area contributed by atoms with Crippen LogP contribution in [0.2, 0.25) is 18.1 Å². The van der Waals surface area contributed by atoms with E-state index in [1.807, 2.05) is 19.9 Å². The van der Waals surface area contributed by atoms with Crippen LogP contribution in [0, 0.1) is 9.62 Å². The van der Waals surface area contributed by atoms with Gasteiger partial charge in [0.2, 0.25) is 0 Å². The Morgan fingerprint density at radius 1 is 1.26 bits per heavy atom.